The molecule has 29 heavy (non-hydrogen) atoms. The molecule has 0 unspecified atom stereocenters. The first-order valence-electron chi connectivity index (χ1n) is 11.3. The summed E-state index contributed by atoms with van der Waals surface area (Å²) in [5.74, 6) is 1.94. The molecule has 0 N–H and O–H groups in total. The van der Waals surface area contributed by atoms with Crippen LogP contribution in [0, 0.1) is 0 Å². The summed E-state index contributed by atoms with van der Waals surface area (Å²) >= 11 is 0. The zero-order valence-electron chi connectivity index (χ0n) is 17.9. The van der Waals surface area contributed by atoms with E-state index in [1.54, 1.807) is 0 Å². The highest BCUT2D eigenvalue weighted by Crippen LogP contribution is 2.29. The molecule has 0 bridgehead atoms. The minimum atomic E-state index is 0.740. The number of aryl methyl sites for hydroxylation is 1. The summed E-state index contributed by atoms with van der Waals surface area (Å²) in [6.07, 6.45) is 8.51. The number of aromatic nitrogens is 4. The number of anilines is 2. The topological polar surface area (TPSA) is 56.6 Å². The lowest BCUT2D eigenvalue weighted by Crippen LogP contribution is -2.47. The maximum absolute atomic E-state index is 5.08. The van der Waals surface area contributed by atoms with Crippen molar-refractivity contribution in [2.75, 3.05) is 69.2 Å². The van der Waals surface area contributed by atoms with Crippen molar-refractivity contribution in [2.45, 2.75) is 38.1 Å². The Morgan fingerprint density at radius 3 is 2.24 bits per heavy atom. The summed E-state index contributed by atoms with van der Waals surface area (Å²) in [6.45, 7) is 8.83. The van der Waals surface area contributed by atoms with Crippen LogP contribution in [0.4, 0.5) is 11.8 Å². The van der Waals surface area contributed by atoms with Crippen LogP contribution >= 0.6 is 0 Å². The molecule has 8 heteroatoms. The summed E-state index contributed by atoms with van der Waals surface area (Å²) in [5, 5.41) is 5.55. The van der Waals surface area contributed by atoms with Gasteiger partial charge >= 0.3 is 0 Å². The van der Waals surface area contributed by atoms with Gasteiger partial charge in [0.05, 0.1) is 11.6 Å². The monoisotopic (exact) mass is 398 g/mol. The first-order valence-corrected chi connectivity index (χ1v) is 11.3. The lowest BCUT2D eigenvalue weighted by atomic mass is 10.0. The van der Waals surface area contributed by atoms with Gasteiger partial charge in [0.1, 0.15) is 5.82 Å². The summed E-state index contributed by atoms with van der Waals surface area (Å²) < 4.78 is 1.89. The fourth-order valence-electron chi connectivity index (χ4n) is 5.11. The molecule has 5 heterocycles. The molecule has 3 aliphatic rings. The Morgan fingerprint density at radius 2 is 1.52 bits per heavy atom. The van der Waals surface area contributed by atoms with Crippen LogP contribution < -0.4 is 9.80 Å². The minimum absolute atomic E-state index is 0.740. The molecular weight excluding hydrogens is 364 g/mol. The highest BCUT2D eigenvalue weighted by Gasteiger charge is 2.28. The van der Waals surface area contributed by atoms with Gasteiger partial charge < -0.3 is 19.6 Å². The zero-order chi connectivity index (χ0) is 19.8. The van der Waals surface area contributed by atoms with E-state index in [1.165, 1.54) is 45.2 Å². The second-order valence-corrected chi connectivity index (χ2v) is 8.96. The Kier molecular flexibility index (Phi) is 5.30. The molecule has 8 nitrogen and oxygen atoms in total. The van der Waals surface area contributed by atoms with Crippen LogP contribution in [0.15, 0.2) is 6.20 Å². The second kappa shape index (κ2) is 8.07. The molecule has 5 rings (SSSR count). The molecule has 0 amide bonds. The van der Waals surface area contributed by atoms with Gasteiger partial charge in [0.2, 0.25) is 5.95 Å². The van der Waals surface area contributed by atoms with Crippen LogP contribution in [-0.2, 0) is 7.05 Å². The lowest BCUT2D eigenvalue weighted by Gasteiger charge is -2.40. The highest BCUT2D eigenvalue weighted by molar-refractivity contribution is 5.88. The molecule has 158 valence electrons. The largest absolute Gasteiger partial charge is 0.353 e. The van der Waals surface area contributed by atoms with Crippen molar-refractivity contribution in [1.29, 1.82) is 0 Å². The molecule has 0 atom stereocenters. The fraction of sp³-hybridized carbons (Fsp3) is 0.762. The summed E-state index contributed by atoms with van der Waals surface area (Å²) in [5.41, 5.74) is 0.946. The first-order chi connectivity index (χ1) is 14.2. The van der Waals surface area contributed by atoms with Crippen molar-refractivity contribution in [2.24, 2.45) is 7.05 Å². The number of likely N-dealkylation sites (tertiary alicyclic amines) is 1. The van der Waals surface area contributed by atoms with E-state index in [2.05, 4.69) is 31.7 Å². The number of hydrogen-bond acceptors (Lipinski definition) is 7. The molecular formula is C21H34N8. The van der Waals surface area contributed by atoms with E-state index in [1.807, 2.05) is 17.9 Å². The standard InChI is InChI=1S/C21H34N8/c1-25-12-14-28(15-13-25)20-18-16-22-26(2)19(18)23-21(24-20)29-10-6-17(7-11-29)27-8-4-3-5-9-27/h16-17H,3-15H2,1-2H3. The molecule has 0 saturated carbocycles. The van der Waals surface area contributed by atoms with Gasteiger partial charge in [0, 0.05) is 52.4 Å². The maximum Gasteiger partial charge on any atom is 0.229 e. The molecule has 2 aromatic heterocycles. The molecule has 0 spiro atoms. The number of hydrogen-bond donors (Lipinski definition) is 0. The van der Waals surface area contributed by atoms with Crippen LogP contribution in [-0.4, -0.2) is 95.0 Å². The van der Waals surface area contributed by atoms with Crippen LogP contribution in [0.5, 0.6) is 0 Å². The van der Waals surface area contributed by atoms with Crippen molar-refractivity contribution in [3.63, 3.8) is 0 Å². The second-order valence-electron chi connectivity index (χ2n) is 8.96. The Hall–Kier alpha value is -1.93. The van der Waals surface area contributed by atoms with E-state index in [4.69, 9.17) is 9.97 Å². The van der Waals surface area contributed by atoms with E-state index >= 15 is 0 Å². The van der Waals surface area contributed by atoms with Crippen molar-refractivity contribution < 1.29 is 0 Å². The van der Waals surface area contributed by atoms with E-state index < -0.39 is 0 Å². The third-order valence-electron chi connectivity index (χ3n) is 7.02. The van der Waals surface area contributed by atoms with Gasteiger partial charge in [0.15, 0.2) is 5.65 Å². The van der Waals surface area contributed by atoms with Crippen LogP contribution in [0.2, 0.25) is 0 Å². The van der Waals surface area contributed by atoms with Gasteiger partial charge in [-0.15, -0.1) is 0 Å². The SMILES string of the molecule is CN1CCN(c2nc(N3CCC(N4CCCCC4)CC3)nc3c2cnn3C)CC1. The molecule has 3 aliphatic heterocycles. The van der Waals surface area contributed by atoms with E-state index in [0.717, 1.165) is 68.1 Å². The molecule has 0 aromatic carbocycles. The Bertz CT molecular complexity index is 827. The molecule has 3 fully saturated rings. The van der Waals surface area contributed by atoms with Gasteiger partial charge in [0.25, 0.3) is 0 Å². The summed E-state index contributed by atoms with van der Waals surface area (Å²) in [6, 6.07) is 0.740. The Labute approximate surface area is 173 Å². The van der Waals surface area contributed by atoms with Crippen LogP contribution in [0.25, 0.3) is 11.0 Å². The quantitative estimate of drug-likeness (QED) is 0.778. The normalized spacial score (nSPS) is 23.2. The van der Waals surface area contributed by atoms with Crippen molar-refractivity contribution in [3.05, 3.63) is 6.20 Å². The molecule has 2 aromatic rings. The average Bonchev–Trinajstić information content (AvgIpc) is 3.15. The van der Waals surface area contributed by atoms with E-state index in [9.17, 15) is 0 Å². The number of nitrogens with zero attached hydrogens (tertiary/aromatic N) is 8. The van der Waals surface area contributed by atoms with Gasteiger partial charge in [-0.25, -0.2) is 0 Å². The van der Waals surface area contributed by atoms with E-state index in [-0.39, 0.29) is 0 Å². The van der Waals surface area contributed by atoms with Gasteiger partial charge in [-0.3, -0.25) is 4.68 Å². The number of fused-ring (bicyclic) bond motifs is 1. The third kappa shape index (κ3) is 3.80. The van der Waals surface area contributed by atoms with Crippen LogP contribution in [0.3, 0.4) is 0 Å². The van der Waals surface area contributed by atoms with E-state index in [0.29, 0.717) is 0 Å². The van der Waals surface area contributed by atoms with Crippen molar-refractivity contribution in [1.82, 2.24) is 29.5 Å². The van der Waals surface area contributed by atoms with Crippen LogP contribution in [0.1, 0.15) is 32.1 Å². The van der Waals surface area contributed by atoms with Gasteiger partial charge in [-0.1, -0.05) is 6.42 Å². The average molecular weight is 399 g/mol. The number of rotatable bonds is 3. The third-order valence-corrected chi connectivity index (χ3v) is 7.02. The summed E-state index contributed by atoms with van der Waals surface area (Å²) in [4.78, 5) is 19.9. The fourth-order valence-corrected chi connectivity index (χ4v) is 5.11. The van der Waals surface area contributed by atoms with Crippen molar-refractivity contribution >= 4 is 22.8 Å². The highest BCUT2D eigenvalue weighted by atomic mass is 15.4. The Balaban J connectivity index is 1.37. The number of piperidine rings is 2. The predicted molar refractivity (Wildman–Crippen MR) is 117 cm³/mol. The Morgan fingerprint density at radius 1 is 0.793 bits per heavy atom. The van der Waals surface area contributed by atoms with Gasteiger partial charge in [-0.2, -0.15) is 15.1 Å². The maximum atomic E-state index is 5.08. The minimum Gasteiger partial charge on any atom is -0.353 e. The number of piperazine rings is 1. The smallest absolute Gasteiger partial charge is 0.229 e. The lowest BCUT2D eigenvalue weighted by molar-refractivity contribution is 0.141. The molecule has 0 radical (unpaired) electrons. The molecule has 0 aliphatic carbocycles. The predicted octanol–water partition coefficient (Wildman–Crippen LogP) is 1.57. The van der Waals surface area contributed by atoms with Gasteiger partial charge in [-0.05, 0) is 45.8 Å². The summed E-state index contributed by atoms with van der Waals surface area (Å²) in [7, 11) is 4.17. The molecule has 3 saturated heterocycles. The van der Waals surface area contributed by atoms with Crippen molar-refractivity contribution in [3.8, 4) is 0 Å². The number of likely N-dealkylation sites (N-methyl/N-ethyl adjacent to an activating group) is 1. The first kappa shape index (κ1) is 19.1. The zero-order valence-corrected chi connectivity index (χ0v) is 17.9.